The van der Waals surface area contributed by atoms with E-state index in [0.29, 0.717) is 18.5 Å². The highest BCUT2D eigenvalue weighted by Gasteiger charge is 2.00. The lowest BCUT2D eigenvalue weighted by Crippen LogP contribution is -2.05. The third-order valence-corrected chi connectivity index (χ3v) is 1.77. The van der Waals surface area contributed by atoms with Gasteiger partial charge in [0, 0.05) is 12.1 Å². The summed E-state index contributed by atoms with van der Waals surface area (Å²) in [6.45, 7) is 0.788. The molecular weight excluding hydrogens is 226 g/mol. The summed E-state index contributed by atoms with van der Waals surface area (Å²) in [7, 11) is 0. The van der Waals surface area contributed by atoms with Gasteiger partial charge in [0.2, 0.25) is 0 Å². The van der Waals surface area contributed by atoms with E-state index in [4.69, 9.17) is 11.5 Å². The van der Waals surface area contributed by atoms with Crippen LogP contribution in [0.2, 0.25) is 0 Å². The van der Waals surface area contributed by atoms with Crippen LogP contribution in [-0.2, 0) is 13.0 Å². The van der Waals surface area contributed by atoms with Gasteiger partial charge in [0.05, 0.1) is 0 Å². The van der Waals surface area contributed by atoms with E-state index in [0.717, 1.165) is 5.56 Å². The molecule has 1 aromatic rings. The molecule has 0 aliphatic rings. The van der Waals surface area contributed by atoms with Gasteiger partial charge in [0.15, 0.2) is 0 Å². The van der Waals surface area contributed by atoms with Crippen LogP contribution in [0.5, 0.6) is 0 Å². The number of hydrogen-bond acceptors (Lipinski definition) is 2. The van der Waals surface area contributed by atoms with E-state index in [2.05, 4.69) is 0 Å². The molecule has 0 unspecified atom stereocenters. The van der Waals surface area contributed by atoms with Crippen molar-refractivity contribution in [2.75, 3.05) is 6.54 Å². The Morgan fingerprint density at radius 2 is 1.79 bits per heavy atom. The van der Waals surface area contributed by atoms with Crippen LogP contribution < -0.4 is 11.5 Å². The molecule has 14 heavy (non-hydrogen) atoms. The third-order valence-electron chi connectivity index (χ3n) is 1.77. The molecule has 0 aliphatic heterocycles. The molecule has 0 bridgehead atoms. The molecule has 0 fully saturated rings. The lowest BCUT2D eigenvalue weighted by atomic mass is 10.1. The van der Waals surface area contributed by atoms with Gasteiger partial charge in [-0.3, -0.25) is 0 Å². The molecule has 0 saturated carbocycles. The van der Waals surface area contributed by atoms with E-state index in [9.17, 15) is 4.39 Å². The highest BCUT2D eigenvalue weighted by Crippen LogP contribution is 2.09. The van der Waals surface area contributed by atoms with Crippen LogP contribution >= 0.6 is 24.8 Å². The van der Waals surface area contributed by atoms with Crippen molar-refractivity contribution in [1.29, 1.82) is 0 Å². The molecule has 1 rings (SSSR count). The maximum Gasteiger partial charge on any atom is 0.127 e. The fourth-order valence-electron chi connectivity index (χ4n) is 1.08. The fourth-order valence-corrected chi connectivity index (χ4v) is 1.08. The highest BCUT2D eigenvalue weighted by atomic mass is 35.5. The van der Waals surface area contributed by atoms with Crippen LogP contribution in [0.15, 0.2) is 18.2 Å². The van der Waals surface area contributed by atoms with Gasteiger partial charge < -0.3 is 11.5 Å². The Hall–Kier alpha value is -0.350. The Bertz CT molecular complexity index is 269. The fraction of sp³-hybridized carbons (Fsp3) is 0.333. The van der Waals surface area contributed by atoms with Gasteiger partial charge in [-0.2, -0.15) is 0 Å². The number of benzene rings is 1. The van der Waals surface area contributed by atoms with Crippen LogP contribution in [0.25, 0.3) is 0 Å². The van der Waals surface area contributed by atoms with Crippen molar-refractivity contribution >= 4 is 24.8 Å². The Morgan fingerprint density at radius 3 is 2.21 bits per heavy atom. The first-order chi connectivity index (χ1) is 5.77. The molecule has 4 N–H and O–H groups in total. The van der Waals surface area contributed by atoms with Gasteiger partial charge >= 0.3 is 0 Å². The first kappa shape index (κ1) is 16.1. The molecule has 2 nitrogen and oxygen atoms in total. The Morgan fingerprint density at radius 1 is 1.14 bits per heavy atom. The second-order valence-corrected chi connectivity index (χ2v) is 2.67. The number of hydrogen-bond donors (Lipinski definition) is 2. The van der Waals surface area contributed by atoms with Gasteiger partial charge in [-0.1, -0.05) is 12.1 Å². The van der Waals surface area contributed by atoms with E-state index in [1.54, 1.807) is 6.07 Å². The van der Waals surface area contributed by atoms with E-state index < -0.39 is 0 Å². The van der Waals surface area contributed by atoms with Crippen molar-refractivity contribution in [3.63, 3.8) is 0 Å². The molecule has 0 spiro atoms. The van der Waals surface area contributed by atoms with E-state index in [1.165, 1.54) is 6.07 Å². The van der Waals surface area contributed by atoms with Gasteiger partial charge in [-0.25, -0.2) is 4.39 Å². The third kappa shape index (κ3) is 4.24. The smallest absolute Gasteiger partial charge is 0.127 e. The molecule has 82 valence electrons. The molecule has 0 atom stereocenters. The molecule has 1 aromatic carbocycles. The minimum absolute atomic E-state index is 0. The average Bonchev–Trinajstić information content (AvgIpc) is 2.05. The second kappa shape index (κ2) is 8.00. The summed E-state index contributed by atoms with van der Waals surface area (Å²) >= 11 is 0. The maximum absolute atomic E-state index is 13.1. The van der Waals surface area contributed by atoms with Crippen molar-refractivity contribution in [1.82, 2.24) is 0 Å². The van der Waals surface area contributed by atoms with E-state index in [-0.39, 0.29) is 37.2 Å². The summed E-state index contributed by atoms with van der Waals surface area (Å²) in [6.07, 6.45) is 0.710. The molecule has 0 aromatic heterocycles. The summed E-state index contributed by atoms with van der Waals surface area (Å²) in [5, 5.41) is 0. The van der Waals surface area contributed by atoms with Gasteiger partial charge in [0.1, 0.15) is 5.82 Å². The monoisotopic (exact) mass is 240 g/mol. The van der Waals surface area contributed by atoms with Gasteiger partial charge in [-0.05, 0) is 24.6 Å². The lowest BCUT2D eigenvalue weighted by Gasteiger charge is -2.02. The zero-order chi connectivity index (χ0) is 8.97. The lowest BCUT2D eigenvalue weighted by molar-refractivity contribution is 0.608. The molecule has 0 saturated heterocycles. The SMILES string of the molecule is Cl.Cl.NCCc1ccc(CN)c(F)c1. The van der Waals surface area contributed by atoms with Crippen LogP contribution in [0, 0.1) is 5.82 Å². The van der Waals surface area contributed by atoms with Crippen molar-refractivity contribution in [2.24, 2.45) is 11.5 Å². The number of rotatable bonds is 3. The molecule has 0 aliphatic carbocycles. The zero-order valence-corrected chi connectivity index (χ0v) is 9.34. The van der Waals surface area contributed by atoms with Crippen LogP contribution in [-0.4, -0.2) is 6.54 Å². The molecular formula is C9H15Cl2FN2. The summed E-state index contributed by atoms with van der Waals surface area (Å²) in [5.74, 6) is -0.233. The average molecular weight is 241 g/mol. The first-order valence-corrected chi connectivity index (χ1v) is 3.95. The Kier molecular flexibility index (Phi) is 9.20. The summed E-state index contributed by atoms with van der Waals surface area (Å²) < 4.78 is 13.1. The second-order valence-electron chi connectivity index (χ2n) is 2.67. The topological polar surface area (TPSA) is 52.0 Å². The van der Waals surface area contributed by atoms with Crippen LogP contribution in [0.3, 0.4) is 0 Å². The van der Waals surface area contributed by atoms with Crippen molar-refractivity contribution < 1.29 is 4.39 Å². The number of nitrogens with two attached hydrogens (primary N) is 2. The predicted octanol–water partition coefficient (Wildman–Crippen LogP) is 1.63. The largest absolute Gasteiger partial charge is 0.330 e. The van der Waals surface area contributed by atoms with Crippen LogP contribution in [0.4, 0.5) is 4.39 Å². The molecule has 0 heterocycles. The standard InChI is InChI=1S/C9H13FN2.2ClH/c10-9-5-7(3-4-11)1-2-8(9)6-12;;/h1-2,5H,3-4,6,11-12H2;2*1H. The van der Waals surface area contributed by atoms with Gasteiger partial charge in [-0.15, -0.1) is 24.8 Å². The Balaban J connectivity index is 0. The number of halogens is 3. The molecule has 0 radical (unpaired) electrons. The first-order valence-electron chi connectivity index (χ1n) is 3.95. The van der Waals surface area contributed by atoms with Crippen LogP contribution in [0.1, 0.15) is 11.1 Å². The molecule has 0 amide bonds. The summed E-state index contributed by atoms with van der Waals surface area (Å²) in [6, 6.07) is 5.06. The normalized spacial score (nSPS) is 8.79. The van der Waals surface area contributed by atoms with Crippen molar-refractivity contribution in [3.8, 4) is 0 Å². The highest BCUT2D eigenvalue weighted by molar-refractivity contribution is 5.85. The van der Waals surface area contributed by atoms with Gasteiger partial charge in [0.25, 0.3) is 0 Å². The van der Waals surface area contributed by atoms with E-state index in [1.807, 2.05) is 6.07 Å². The molecule has 5 heteroatoms. The van der Waals surface area contributed by atoms with E-state index >= 15 is 0 Å². The zero-order valence-electron chi connectivity index (χ0n) is 7.70. The van der Waals surface area contributed by atoms with Crippen molar-refractivity contribution in [3.05, 3.63) is 35.1 Å². The predicted molar refractivity (Wildman–Crippen MR) is 61.5 cm³/mol. The summed E-state index contributed by atoms with van der Waals surface area (Å²) in [4.78, 5) is 0. The Labute approximate surface area is 95.7 Å². The van der Waals surface area contributed by atoms with Crippen molar-refractivity contribution in [2.45, 2.75) is 13.0 Å². The minimum atomic E-state index is -0.233. The minimum Gasteiger partial charge on any atom is -0.330 e. The maximum atomic E-state index is 13.1. The quantitative estimate of drug-likeness (QED) is 0.844. The summed E-state index contributed by atoms with van der Waals surface area (Å²) in [5.41, 5.74) is 12.1.